The molecule has 3 aromatic rings. The zero-order valence-electron chi connectivity index (χ0n) is 19.3. The molecule has 7 nitrogen and oxygen atoms in total. The average Bonchev–Trinajstić information content (AvgIpc) is 3.47. The van der Waals surface area contributed by atoms with Crippen molar-refractivity contribution in [2.75, 3.05) is 13.2 Å². The number of rotatable bonds is 7. The number of nitrogens with zero attached hydrogens (tertiary/aromatic N) is 2. The van der Waals surface area contributed by atoms with Crippen molar-refractivity contribution in [1.82, 2.24) is 9.88 Å². The lowest BCUT2D eigenvalue weighted by atomic mass is 10.1. The summed E-state index contributed by atoms with van der Waals surface area (Å²) in [4.78, 5) is 38.9. The number of ketones is 1. The van der Waals surface area contributed by atoms with Crippen molar-refractivity contribution in [2.24, 2.45) is 0 Å². The maximum atomic E-state index is 13.3. The number of Topliss-reactive ketones (excluding diaryl/α,β-unsaturated/α-hetero) is 1. The van der Waals surface area contributed by atoms with Crippen molar-refractivity contribution in [2.45, 2.75) is 32.4 Å². The van der Waals surface area contributed by atoms with Gasteiger partial charge in [-0.05, 0) is 49.1 Å². The largest absolute Gasteiger partial charge is 0.376 e. The van der Waals surface area contributed by atoms with Gasteiger partial charge in [-0.3, -0.25) is 19.0 Å². The minimum absolute atomic E-state index is 0.0110. The number of amides is 1. The Bertz CT molecular complexity index is 1470. The Morgan fingerprint density at radius 3 is 2.83 bits per heavy atom. The summed E-state index contributed by atoms with van der Waals surface area (Å²) in [6.45, 7) is 2.72. The van der Waals surface area contributed by atoms with Gasteiger partial charge < -0.3 is 10.1 Å². The van der Waals surface area contributed by atoms with E-state index in [0.29, 0.717) is 39.0 Å². The van der Waals surface area contributed by atoms with Crippen LogP contribution in [0.15, 0.2) is 53.3 Å². The molecule has 1 aliphatic rings. The first-order valence-corrected chi connectivity index (χ1v) is 12.2. The van der Waals surface area contributed by atoms with Gasteiger partial charge in [-0.1, -0.05) is 36.4 Å². The number of ether oxygens (including phenoxy) is 1. The maximum absolute atomic E-state index is 13.3. The van der Waals surface area contributed by atoms with Crippen LogP contribution in [-0.2, 0) is 16.1 Å². The molecule has 1 saturated heterocycles. The highest BCUT2D eigenvalue weighted by atomic mass is 32.1. The van der Waals surface area contributed by atoms with Crippen molar-refractivity contribution in [1.29, 1.82) is 5.26 Å². The summed E-state index contributed by atoms with van der Waals surface area (Å²) in [7, 11) is 0. The molecule has 0 spiro atoms. The molecule has 8 heteroatoms. The highest BCUT2D eigenvalue weighted by molar-refractivity contribution is 7.07. The fourth-order valence-corrected chi connectivity index (χ4v) is 4.96. The monoisotopic (exact) mass is 487 g/mol. The number of carbonyl (C=O) groups excluding carboxylic acids is 2. The first-order valence-electron chi connectivity index (χ1n) is 11.4. The van der Waals surface area contributed by atoms with E-state index in [0.717, 1.165) is 29.7 Å². The molecule has 178 valence electrons. The molecular formula is C27H25N3O4S. The van der Waals surface area contributed by atoms with Gasteiger partial charge in [0.25, 0.3) is 5.56 Å². The number of hydrogen-bond acceptors (Lipinski definition) is 6. The number of nitriles is 1. The molecule has 1 fully saturated rings. The van der Waals surface area contributed by atoms with Crippen LogP contribution >= 0.6 is 11.3 Å². The Hall–Kier alpha value is -3.80. The van der Waals surface area contributed by atoms with Crippen LogP contribution in [0.3, 0.4) is 0 Å². The molecule has 1 unspecified atom stereocenters. The van der Waals surface area contributed by atoms with E-state index in [1.165, 1.54) is 10.6 Å². The molecule has 1 aromatic heterocycles. The number of benzene rings is 2. The molecule has 0 bridgehead atoms. The van der Waals surface area contributed by atoms with Gasteiger partial charge in [0.15, 0.2) is 5.78 Å². The van der Waals surface area contributed by atoms with Crippen LogP contribution in [0.1, 0.15) is 39.9 Å². The van der Waals surface area contributed by atoms with Crippen molar-refractivity contribution < 1.29 is 14.3 Å². The van der Waals surface area contributed by atoms with Crippen LogP contribution in [-0.4, -0.2) is 35.5 Å². The summed E-state index contributed by atoms with van der Waals surface area (Å²) >= 11 is 1.14. The Morgan fingerprint density at radius 2 is 2.09 bits per heavy atom. The number of aromatic nitrogens is 1. The zero-order valence-corrected chi connectivity index (χ0v) is 20.1. The van der Waals surface area contributed by atoms with E-state index in [1.54, 1.807) is 42.5 Å². The van der Waals surface area contributed by atoms with Crippen molar-refractivity contribution in [3.05, 3.63) is 90.3 Å². The first-order chi connectivity index (χ1) is 16.9. The molecule has 2 aromatic carbocycles. The molecule has 0 radical (unpaired) electrons. The molecule has 4 rings (SSSR count). The molecule has 0 saturated carbocycles. The molecular weight excluding hydrogens is 462 g/mol. The van der Waals surface area contributed by atoms with Gasteiger partial charge in [0, 0.05) is 24.8 Å². The summed E-state index contributed by atoms with van der Waals surface area (Å²) < 4.78 is 7.63. The highest BCUT2D eigenvalue weighted by Gasteiger charge is 2.17. The second kappa shape index (κ2) is 11.1. The third-order valence-corrected chi connectivity index (χ3v) is 6.83. The van der Waals surface area contributed by atoms with E-state index in [1.807, 2.05) is 19.1 Å². The molecule has 1 aliphatic heterocycles. The minimum atomic E-state index is -0.367. The molecule has 0 aliphatic carbocycles. The summed E-state index contributed by atoms with van der Waals surface area (Å²) in [5, 5.41) is 12.0. The molecule has 1 atom stereocenters. The Morgan fingerprint density at radius 1 is 1.26 bits per heavy atom. The van der Waals surface area contributed by atoms with E-state index in [9.17, 15) is 14.4 Å². The Balaban J connectivity index is 1.72. The van der Waals surface area contributed by atoms with Gasteiger partial charge in [0.1, 0.15) is 11.2 Å². The van der Waals surface area contributed by atoms with Crippen LogP contribution in [0, 0.1) is 18.3 Å². The zero-order chi connectivity index (χ0) is 24.8. The smallest absolute Gasteiger partial charge is 0.269 e. The summed E-state index contributed by atoms with van der Waals surface area (Å²) in [5.41, 5.74) is 2.16. The fourth-order valence-electron chi connectivity index (χ4n) is 3.91. The number of aryl methyl sites for hydroxylation is 1. The van der Waals surface area contributed by atoms with Crippen LogP contribution in [0.5, 0.6) is 0 Å². The van der Waals surface area contributed by atoms with Crippen LogP contribution in [0.4, 0.5) is 0 Å². The Labute approximate surface area is 206 Å². The van der Waals surface area contributed by atoms with Crippen molar-refractivity contribution >= 4 is 35.2 Å². The summed E-state index contributed by atoms with van der Waals surface area (Å²) in [5.74, 6) is -0.563. The second-order valence-electron chi connectivity index (χ2n) is 8.34. The average molecular weight is 488 g/mol. The van der Waals surface area contributed by atoms with Gasteiger partial charge in [0.2, 0.25) is 5.91 Å². The molecule has 1 amide bonds. The third-order valence-electron chi connectivity index (χ3n) is 5.77. The second-order valence-corrected chi connectivity index (χ2v) is 9.40. The topological polar surface area (TPSA) is 101 Å². The number of carbonyl (C=O) groups is 2. The summed E-state index contributed by atoms with van der Waals surface area (Å²) in [6.07, 6.45) is 4.93. The van der Waals surface area contributed by atoms with Crippen LogP contribution in [0.2, 0.25) is 0 Å². The number of thiazole rings is 1. The normalized spacial score (nSPS) is 16.3. The quantitative estimate of drug-likeness (QED) is 0.513. The van der Waals surface area contributed by atoms with E-state index >= 15 is 0 Å². The summed E-state index contributed by atoms with van der Waals surface area (Å²) in [6, 6.07) is 16.2. The molecule has 35 heavy (non-hydrogen) atoms. The first kappa shape index (κ1) is 24.3. The lowest BCUT2D eigenvalue weighted by Gasteiger charge is -2.11. The third kappa shape index (κ3) is 6.01. The van der Waals surface area contributed by atoms with Gasteiger partial charge >= 0.3 is 0 Å². The van der Waals surface area contributed by atoms with E-state index in [2.05, 4.69) is 11.4 Å². The fraction of sp³-hybridized carbons (Fsp3) is 0.259. The molecule has 1 N–H and O–H groups in total. The van der Waals surface area contributed by atoms with Gasteiger partial charge in [-0.15, -0.1) is 11.3 Å². The predicted octanol–water partition coefficient (Wildman–Crippen LogP) is 1.88. The Kier molecular flexibility index (Phi) is 7.70. The van der Waals surface area contributed by atoms with Crippen LogP contribution < -0.4 is 20.1 Å². The minimum Gasteiger partial charge on any atom is -0.376 e. The van der Waals surface area contributed by atoms with Crippen LogP contribution in [0.25, 0.3) is 12.2 Å². The number of nitrogens with one attached hydrogen (secondary N) is 1. The lowest BCUT2D eigenvalue weighted by molar-refractivity contribution is -0.122. The van der Waals surface area contributed by atoms with E-state index in [4.69, 9.17) is 10.00 Å². The predicted molar refractivity (Wildman–Crippen MR) is 135 cm³/mol. The standard InChI is InChI=1S/C27H25N3O4S/c1-18-6-2-3-10-22(18)23(31)14-26-30(17-25(32)29-16-21-9-5-11-34-21)27(33)24(35-26)13-19-7-4-8-20(12-19)15-28/h2-4,6-8,10,12-14,21H,5,9,11,16-17H2,1H3,(H,29,32)/b24-13+,26-14-. The van der Waals surface area contributed by atoms with E-state index in [-0.39, 0.29) is 29.9 Å². The maximum Gasteiger partial charge on any atom is 0.269 e. The molecule has 2 heterocycles. The van der Waals surface area contributed by atoms with Crippen molar-refractivity contribution in [3.63, 3.8) is 0 Å². The lowest BCUT2D eigenvalue weighted by Crippen LogP contribution is -2.40. The van der Waals surface area contributed by atoms with Crippen molar-refractivity contribution in [3.8, 4) is 6.07 Å². The van der Waals surface area contributed by atoms with Gasteiger partial charge in [-0.25, -0.2) is 0 Å². The SMILES string of the molecule is Cc1ccccc1C(=O)/C=c1\s/c(=C/c2cccc(C#N)c2)c(=O)n1CC(=O)NCC1CCCO1. The van der Waals surface area contributed by atoms with Gasteiger partial charge in [0.05, 0.1) is 22.3 Å². The van der Waals surface area contributed by atoms with E-state index < -0.39 is 0 Å². The highest BCUT2D eigenvalue weighted by Crippen LogP contribution is 2.11. The number of hydrogen-bond donors (Lipinski definition) is 1. The van der Waals surface area contributed by atoms with Gasteiger partial charge in [-0.2, -0.15) is 5.26 Å².